The first kappa shape index (κ1) is 12.9. The quantitative estimate of drug-likeness (QED) is 0.637. The van der Waals surface area contributed by atoms with Crippen LogP contribution in [0.1, 0.15) is 19.4 Å². The third-order valence-corrected chi connectivity index (χ3v) is 2.48. The number of hydrogen-bond acceptors (Lipinski definition) is 4. The van der Waals surface area contributed by atoms with Crippen LogP contribution in [-0.2, 0) is 0 Å². The molecule has 0 spiro atoms. The number of nitrogens with two attached hydrogens (primary N) is 1. The monoisotopic (exact) mass is 259 g/mol. The molecule has 1 heterocycles. The lowest BCUT2D eigenvalue weighted by molar-refractivity contribution is 0.411. The molecule has 0 aliphatic carbocycles. The van der Waals surface area contributed by atoms with Gasteiger partial charge in [0.2, 0.25) is 0 Å². The number of rotatable bonds is 3. The maximum atomic E-state index is 5.78. The van der Waals surface area contributed by atoms with E-state index < -0.39 is 0 Å². The smallest absolute Gasteiger partial charge is 0.185 e. The molecule has 0 saturated carbocycles. The predicted molar refractivity (Wildman–Crippen MR) is 69.2 cm³/mol. The number of aromatic nitrogens is 2. The van der Waals surface area contributed by atoms with Crippen LogP contribution < -0.4 is 11.2 Å². The fourth-order valence-corrected chi connectivity index (χ4v) is 1.44. The first-order chi connectivity index (χ1) is 7.41. The highest BCUT2D eigenvalue weighted by Crippen LogP contribution is 2.14. The molecule has 0 aliphatic rings. The number of hydrazine groups is 1. The van der Waals surface area contributed by atoms with Crippen LogP contribution in [-0.4, -0.2) is 26.4 Å². The number of anilines is 1. The van der Waals surface area contributed by atoms with Crippen LogP contribution >= 0.6 is 23.8 Å². The highest BCUT2D eigenvalue weighted by atomic mass is 35.5. The number of nitrogens with zero attached hydrogens (tertiary/aromatic N) is 3. The Hall–Kier alpha value is -1.14. The van der Waals surface area contributed by atoms with Crippen LogP contribution in [0.4, 0.5) is 5.82 Å². The van der Waals surface area contributed by atoms with Crippen molar-refractivity contribution in [2.75, 3.05) is 5.43 Å². The molecule has 1 aromatic rings. The zero-order chi connectivity index (χ0) is 12.3. The summed E-state index contributed by atoms with van der Waals surface area (Å²) < 4.78 is 0. The Bertz CT molecular complexity index is 395. The molecule has 0 radical (unpaired) electrons. The summed E-state index contributed by atoms with van der Waals surface area (Å²) in [7, 11) is 0. The Labute approximate surface area is 105 Å². The molecule has 0 bridgehead atoms. The second-order valence-electron chi connectivity index (χ2n) is 3.62. The number of thiocarbonyl (C=S) groups is 1. The van der Waals surface area contributed by atoms with E-state index in [1.807, 2.05) is 20.8 Å². The second-order valence-corrected chi connectivity index (χ2v) is 4.39. The molecule has 0 atom stereocenters. The summed E-state index contributed by atoms with van der Waals surface area (Å²) in [6, 6.07) is 1.90. The first-order valence-corrected chi connectivity index (χ1v) is 5.55. The molecule has 0 fully saturated rings. The third kappa shape index (κ3) is 3.18. The summed E-state index contributed by atoms with van der Waals surface area (Å²) in [5.74, 6) is 0.559. The normalized spacial score (nSPS) is 10.3. The Morgan fingerprint density at radius 1 is 1.56 bits per heavy atom. The van der Waals surface area contributed by atoms with Crippen LogP contribution in [0.15, 0.2) is 6.07 Å². The van der Waals surface area contributed by atoms with Crippen molar-refractivity contribution in [1.82, 2.24) is 15.2 Å². The van der Waals surface area contributed by atoms with Crippen LogP contribution in [0, 0.1) is 6.92 Å². The molecule has 0 aliphatic heterocycles. The van der Waals surface area contributed by atoms with E-state index in [0.29, 0.717) is 11.0 Å². The molecule has 0 amide bonds. The molecule has 88 valence electrons. The average Bonchev–Trinajstić information content (AvgIpc) is 2.18. The van der Waals surface area contributed by atoms with Gasteiger partial charge in [-0.3, -0.25) is 10.4 Å². The Morgan fingerprint density at radius 3 is 2.62 bits per heavy atom. The maximum Gasteiger partial charge on any atom is 0.185 e. The van der Waals surface area contributed by atoms with Crippen LogP contribution in [0.5, 0.6) is 0 Å². The first-order valence-electron chi connectivity index (χ1n) is 4.77. The van der Waals surface area contributed by atoms with Gasteiger partial charge in [0.1, 0.15) is 0 Å². The molecule has 0 unspecified atom stereocenters. The lowest BCUT2D eigenvalue weighted by Gasteiger charge is -2.27. The summed E-state index contributed by atoms with van der Waals surface area (Å²) in [5, 5.41) is 9.96. The van der Waals surface area contributed by atoms with E-state index in [4.69, 9.17) is 29.6 Å². The average molecular weight is 260 g/mol. The van der Waals surface area contributed by atoms with Crippen molar-refractivity contribution in [3.63, 3.8) is 0 Å². The number of nitrogens with one attached hydrogen (secondary N) is 1. The van der Waals surface area contributed by atoms with E-state index in [9.17, 15) is 0 Å². The summed E-state index contributed by atoms with van der Waals surface area (Å²) in [4.78, 5) is 0. The summed E-state index contributed by atoms with van der Waals surface area (Å²) in [5.41, 5.74) is 9.39. The Balaban J connectivity index is 2.86. The van der Waals surface area contributed by atoms with Gasteiger partial charge >= 0.3 is 0 Å². The van der Waals surface area contributed by atoms with Gasteiger partial charge in [-0.25, -0.2) is 0 Å². The highest BCUT2D eigenvalue weighted by molar-refractivity contribution is 7.80. The predicted octanol–water partition coefficient (Wildman–Crippen LogP) is 1.72. The van der Waals surface area contributed by atoms with Gasteiger partial charge in [0.25, 0.3) is 0 Å². The van der Waals surface area contributed by atoms with Crippen molar-refractivity contribution in [2.45, 2.75) is 26.8 Å². The lowest BCUT2D eigenvalue weighted by atomic mass is 10.3. The Morgan fingerprint density at radius 2 is 2.19 bits per heavy atom. The van der Waals surface area contributed by atoms with E-state index in [2.05, 4.69) is 15.6 Å². The number of hydrogen-bond donors (Lipinski definition) is 2. The molecule has 0 aromatic carbocycles. The van der Waals surface area contributed by atoms with E-state index >= 15 is 0 Å². The standard InChI is InChI=1S/C9H14ClN5S/c1-5(2)15(9(11)16)14-7-4-6(3)8(10)13-12-7/h4-5H,1-3H3,(H2,11,16)(H,12,14). The summed E-state index contributed by atoms with van der Waals surface area (Å²) in [6.07, 6.45) is 0. The largest absolute Gasteiger partial charge is 0.375 e. The number of halogens is 1. The molecular weight excluding hydrogens is 246 g/mol. The van der Waals surface area contributed by atoms with Crippen LogP contribution in [0.3, 0.4) is 0 Å². The molecule has 3 N–H and O–H groups in total. The maximum absolute atomic E-state index is 5.78. The zero-order valence-corrected chi connectivity index (χ0v) is 10.9. The number of aryl methyl sites for hydroxylation is 1. The SMILES string of the molecule is Cc1cc(NN(C(N)=S)C(C)C)nnc1Cl. The Kier molecular flexibility index (Phi) is 4.26. The van der Waals surface area contributed by atoms with Crippen LogP contribution in [0.25, 0.3) is 0 Å². The van der Waals surface area contributed by atoms with E-state index in [0.717, 1.165) is 5.56 Å². The molecule has 7 heteroatoms. The second kappa shape index (κ2) is 5.27. The van der Waals surface area contributed by atoms with Crippen molar-refractivity contribution in [1.29, 1.82) is 0 Å². The van der Waals surface area contributed by atoms with Gasteiger partial charge in [0.15, 0.2) is 16.1 Å². The molecule has 5 nitrogen and oxygen atoms in total. The fraction of sp³-hybridized carbons (Fsp3) is 0.444. The van der Waals surface area contributed by atoms with Crippen molar-refractivity contribution in [3.05, 3.63) is 16.8 Å². The van der Waals surface area contributed by atoms with Gasteiger partial charge < -0.3 is 5.73 Å². The molecule has 16 heavy (non-hydrogen) atoms. The van der Waals surface area contributed by atoms with E-state index in [1.54, 1.807) is 11.1 Å². The third-order valence-electron chi connectivity index (χ3n) is 1.91. The van der Waals surface area contributed by atoms with Gasteiger partial charge in [-0.2, -0.15) is 0 Å². The lowest BCUT2D eigenvalue weighted by Crippen LogP contribution is -2.44. The fourth-order valence-electron chi connectivity index (χ4n) is 1.09. The summed E-state index contributed by atoms with van der Waals surface area (Å²) in [6.45, 7) is 5.77. The minimum absolute atomic E-state index is 0.121. The van der Waals surface area contributed by atoms with E-state index in [1.165, 1.54) is 0 Å². The van der Waals surface area contributed by atoms with Crippen molar-refractivity contribution in [3.8, 4) is 0 Å². The summed E-state index contributed by atoms with van der Waals surface area (Å²) >= 11 is 10.7. The molecule has 1 rings (SSSR count). The highest BCUT2D eigenvalue weighted by Gasteiger charge is 2.11. The minimum Gasteiger partial charge on any atom is -0.375 e. The van der Waals surface area contributed by atoms with Gasteiger partial charge in [-0.1, -0.05) is 11.6 Å². The van der Waals surface area contributed by atoms with Crippen molar-refractivity contribution < 1.29 is 0 Å². The van der Waals surface area contributed by atoms with E-state index in [-0.39, 0.29) is 11.2 Å². The van der Waals surface area contributed by atoms with Crippen LogP contribution in [0.2, 0.25) is 5.15 Å². The van der Waals surface area contributed by atoms with Crippen molar-refractivity contribution >= 4 is 34.7 Å². The van der Waals surface area contributed by atoms with Gasteiger partial charge in [-0.05, 0) is 44.6 Å². The van der Waals surface area contributed by atoms with Crippen molar-refractivity contribution in [2.24, 2.45) is 5.73 Å². The molecule has 0 saturated heterocycles. The molecular formula is C9H14ClN5S. The van der Waals surface area contributed by atoms with Gasteiger partial charge in [0, 0.05) is 6.04 Å². The van der Waals surface area contributed by atoms with Gasteiger partial charge in [-0.15, -0.1) is 10.2 Å². The zero-order valence-electron chi connectivity index (χ0n) is 9.36. The topological polar surface area (TPSA) is 67.1 Å². The van der Waals surface area contributed by atoms with Gasteiger partial charge in [0.05, 0.1) is 0 Å². The molecule has 1 aromatic heterocycles. The minimum atomic E-state index is 0.121.